The molecule has 1 N–H and O–H groups in total. The molecule has 1 fully saturated rings. The third-order valence-corrected chi connectivity index (χ3v) is 4.92. The van der Waals surface area contributed by atoms with Crippen LogP contribution in [0.4, 0.5) is 22.0 Å². The predicted molar refractivity (Wildman–Crippen MR) is 98.4 cm³/mol. The van der Waals surface area contributed by atoms with Crippen LogP contribution in [0.25, 0.3) is 0 Å². The van der Waals surface area contributed by atoms with Gasteiger partial charge in [-0.05, 0) is 23.8 Å². The normalized spacial score (nSPS) is 19.2. The van der Waals surface area contributed by atoms with E-state index in [0.717, 1.165) is 17.3 Å². The standard InChI is InChI=1S/C20H19F5N2O4/c21-19(22)6-7-27(31-18(30)13-4-2-1-3-5-13)10-16(19)14-8-15(11-28)17(29)26(9-14)12-20(23,24)25/h1-5,8-9,16,28H,6-7,10-12H2. The maximum atomic E-state index is 14.7. The van der Waals surface area contributed by atoms with Crippen molar-refractivity contribution in [2.75, 3.05) is 13.1 Å². The number of hydrogen-bond donors (Lipinski definition) is 1. The van der Waals surface area contributed by atoms with E-state index in [0.29, 0.717) is 0 Å². The maximum Gasteiger partial charge on any atom is 0.406 e. The number of hydroxylamine groups is 2. The molecule has 11 heteroatoms. The van der Waals surface area contributed by atoms with Crippen molar-refractivity contribution >= 4 is 5.97 Å². The third kappa shape index (κ3) is 5.47. The quantitative estimate of drug-likeness (QED) is 0.715. The molecule has 0 radical (unpaired) electrons. The second kappa shape index (κ2) is 8.75. The third-order valence-electron chi connectivity index (χ3n) is 4.92. The highest BCUT2D eigenvalue weighted by Gasteiger charge is 2.46. The largest absolute Gasteiger partial charge is 0.406 e. The van der Waals surface area contributed by atoms with E-state index in [1.165, 1.54) is 12.1 Å². The second-order valence-electron chi connectivity index (χ2n) is 7.20. The molecule has 6 nitrogen and oxygen atoms in total. The Morgan fingerprint density at radius 2 is 1.90 bits per heavy atom. The minimum atomic E-state index is -4.76. The number of rotatable bonds is 5. The number of pyridine rings is 1. The Morgan fingerprint density at radius 1 is 1.23 bits per heavy atom. The number of halogens is 5. The van der Waals surface area contributed by atoms with Crippen molar-refractivity contribution in [2.24, 2.45) is 0 Å². The van der Waals surface area contributed by atoms with Crippen LogP contribution in [0.3, 0.4) is 0 Å². The lowest BCUT2D eigenvalue weighted by Crippen LogP contribution is -2.46. The Morgan fingerprint density at radius 3 is 2.52 bits per heavy atom. The number of alkyl halides is 5. The molecule has 3 rings (SSSR count). The number of carbonyl (C=O) groups is 1. The molecule has 0 saturated carbocycles. The highest BCUT2D eigenvalue weighted by Crippen LogP contribution is 2.40. The molecule has 0 bridgehead atoms. The van der Waals surface area contributed by atoms with Gasteiger partial charge in [0.05, 0.1) is 18.1 Å². The fourth-order valence-corrected chi connectivity index (χ4v) is 3.39. The lowest BCUT2D eigenvalue weighted by molar-refractivity contribution is -0.175. The summed E-state index contributed by atoms with van der Waals surface area (Å²) in [6.45, 7) is -3.37. The Labute approximate surface area is 173 Å². The molecular formula is C20H19F5N2O4. The van der Waals surface area contributed by atoms with Crippen LogP contribution in [0, 0.1) is 0 Å². The van der Waals surface area contributed by atoms with Crippen molar-refractivity contribution < 1.29 is 36.7 Å². The Hall–Kier alpha value is -2.79. The number of aliphatic hydroxyl groups excluding tert-OH is 1. The number of nitrogens with zero attached hydrogens (tertiary/aromatic N) is 2. The van der Waals surface area contributed by atoms with Gasteiger partial charge < -0.3 is 14.5 Å². The van der Waals surface area contributed by atoms with Crippen LogP contribution in [-0.2, 0) is 18.0 Å². The fraction of sp³-hybridized carbons (Fsp3) is 0.400. The zero-order valence-corrected chi connectivity index (χ0v) is 16.1. The maximum absolute atomic E-state index is 14.7. The van der Waals surface area contributed by atoms with Crippen LogP contribution in [0.5, 0.6) is 0 Å². The molecular weight excluding hydrogens is 427 g/mol. The number of aromatic nitrogens is 1. The Balaban J connectivity index is 1.89. The summed E-state index contributed by atoms with van der Waals surface area (Å²) in [5.74, 6) is -5.75. The lowest BCUT2D eigenvalue weighted by Gasteiger charge is -2.37. The SMILES string of the molecule is O=C(ON1CCC(F)(F)C(c2cc(CO)c(=O)n(CC(F)(F)F)c2)C1)c1ccccc1. The van der Waals surface area contributed by atoms with Crippen molar-refractivity contribution in [2.45, 2.75) is 37.6 Å². The topological polar surface area (TPSA) is 71.8 Å². The zero-order chi connectivity index (χ0) is 22.8. The summed E-state index contributed by atoms with van der Waals surface area (Å²) in [7, 11) is 0. The predicted octanol–water partition coefficient (Wildman–Crippen LogP) is 3.10. The van der Waals surface area contributed by atoms with Crippen molar-refractivity contribution in [1.29, 1.82) is 0 Å². The van der Waals surface area contributed by atoms with Gasteiger partial charge in [-0.15, -0.1) is 5.06 Å². The molecule has 1 aromatic carbocycles. The fourth-order valence-electron chi connectivity index (χ4n) is 3.39. The number of aliphatic hydroxyl groups is 1. The number of hydrogen-bond acceptors (Lipinski definition) is 5. The molecule has 1 aromatic heterocycles. The van der Waals surface area contributed by atoms with E-state index in [1.807, 2.05) is 0 Å². The molecule has 1 unspecified atom stereocenters. The summed E-state index contributed by atoms with van der Waals surface area (Å²) in [4.78, 5) is 29.5. The highest BCUT2D eigenvalue weighted by molar-refractivity contribution is 5.89. The van der Waals surface area contributed by atoms with Crippen LogP contribution >= 0.6 is 0 Å². The molecule has 0 amide bonds. The van der Waals surface area contributed by atoms with E-state index in [4.69, 9.17) is 4.84 Å². The number of piperidine rings is 1. The van der Waals surface area contributed by atoms with Crippen LogP contribution in [-0.4, -0.2) is 45.9 Å². The second-order valence-corrected chi connectivity index (χ2v) is 7.20. The zero-order valence-electron chi connectivity index (χ0n) is 16.1. The summed E-state index contributed by atoms with van der Waals surface area (Å²) in [5.41, 5.74) is -1.61. The van der Waals surface area contributed by atoms with Crippen LogP contribution in [0.15, 0.2) is 47.4 Å². The minimum Gasteiger partial charge on any atom is -0.391 e. The first-order valence-corrected chi connectivity index (χ1v) is 9.31. The molecule has 0 spiro atoms. The minimum absolute atomic E-state index is 0.206. The molecule has 2 aromatic rings. The van der Waals surface area contributed by atoms with Gasteiger partial charge in [-0.1, -0.05) is 18.2 Å². The number of carbonyl (C=O) groups excluding carboxylic acids is 1. The lowest BCUT2D eigenvalue weighted by atomic mass is 9.88. The van der Waals surface area contributed by atoms with Crippen molar-refractivity contribution in [3.05, 3.63) is 69.6 Å². The van der Waals surface area contributed by atoms with E-state index in [9.17, 15) is 36.6 Å². The van der Waals surface area contributed by atoms with Gasteiger partial charge in [-0.2, -0.15) is 13.2 Å². The van der Waals surface area contributed by atoms with Gasteiger partial charge in [-0.25, -0.2) is 13.6 Å². The van der Waals surface area contributed by atoms with E-state index >= 15 is 0 Å². The van der Waals surface area contributed by atoms with Crippen LogP contribution < -0.4 is 5.56 Å². The molecule has 2 heterocycles. The van der Waals surface area contributed by atoms with Gasteiger partial charge in [0.25, 0.3) is 11.5 Å². The average molecular weight is 446 g/mol. The molecule has 31 heavy (non-hydrogen) atoms. The average Bonchev–Trinajstić information content (AvgIpc) is 2.70. The van der Waals surface area contributed by atoms with Gasteiger partial charge in [0.2, 0.25) is 0 Å². The summed E-state index contributed by atoms with van der Waals surface area (Å²) < 4.78 is 68.0. The van der Waals surface area contributed by atoms with E-state index in [2.05, 4.69) is 0 Å². The monoisotopic (exact) mass is 446 g/mol. The molecule has 1 aliphatic rings. The summed E-state index contributed by atoms with van der Waals surface area (Å²) in [6, 6.07) is 8.82. The van der Waals surface area contributed by atoms with Crippen LogP contribution in [0.2, 0.25) is 0 Å². The summed E-state index contributed by atoms with van der Waals surface area (Å²) in [6.07, 6.45) is -4.76. The van der Waals surface area contributed by atoms with E-state index in [-0.39, 0.29) is 22.2 Å². The first-order chi connectivity index (χ1) is 14.5. The molecule has 0 aliphatic carbocycles. The van der Waals surface area contributed by atoms with E-state index < -0.39 is 61.2 Å². The van der Waals surface area contributed by atoms with Gasteiger partial charge in [0.1, 0.15) is 6.54 Å². The molecule has 168 valence electrons. The Kier molecular flexibility index (Phi) is 6.46. The van der Waals surface area contributed by atoms with Gasteiger partial charge in [-0.3, -0.25) is 4.79 Å². The van der Waals surface area contributed by atoms with Crippen LogP contribution in [0.1, 0.15) is 33.8 Å². The first-order valence-electron chi connectivity index (χ1n) is 9.31. The molecule has 1 atom stereocenters. The van der Waals surface area contributed by atoms with Gasteiger partial charge >= 0.3 is 12.1 Å². The highest BCUT2D eigenvalue weighted by atomic mass is 19.4. The molecule has 1 saturated heterocycles. The summed E-state index contributed by atoms with van der Waals surface area (Å²) in [5, 5.41) is 10.4. The van der Waals surface area contributed by atoms with Crippen molar-refractivity contribution in [3.8, 4) is 0 Å². The van der Waals surface area contributed by atoms with Gasteiger partial charge in [0.15, 0.2) is 0 Å². The number of benzene rings is 1. The van der Waals surface area contributed by atoms with Crippen molar-refractivity contribution in [1.82, 2.24) is 9.63 Å². The van der Waals surface area contributed by atoms with Gasteiger partial charge in [0, 0.05) is 31.3 Å². The Bertz CT molecular complexity index is 991. The smallest absolute Gasteiger partial charge is 0.391 e. The summed E-state index contributed by atoms with van der Waals surface area (Å²) >= 11 is 0. The molecule has 1 aliphatic heterocycles. The first kappa shape index (κ1) is 22.9. The van der Waals surface area contributed by atoms with Crippen molar-refractivity contribution in [3.63, 3.8) is 0 Å². The van der Waals surface area contributed by atoms with E-state index in [1.54, 1.807) is 18.2 Å².